The minimum Gasteiger partial charge on any atom is -0.491 e. The molecule has 0 spiro atoms. The zero-order chi connectivity index (χ0) is 28.9. The maximum atomic E-state index is 13.1. The molecule has 6 nitrogen and oxygen atoms in total. The van der Waals surface area contributed by atoms with Gasteiger partial charge in [0.25, 0.3) is 11.1 Å². The van der Waals surface area contributed by atoms with E-state index in [0.717, 1.165) is 45.0 Å². The van der Waals surface area contributed by atoms with Crippen LogP contribution in [-0.4, -0.2) is 35.8 Å². The molecule has 1 aliphatic rings. The molecule has 8 heteroatoms. The molecule has 0 bridgehead atoms. The van der Waals surface area contributed by atoms with Crippen LogP contribution in [0.3, 0.4) is 0 Å². The molecule has 5 rings (SSSR count). The van der Waals surface area contributed by atoms with Crippen molar-refractivity contribution in [2.75, 3.05) is 19.8 Å². The lowest BCUT2D eigenvalue weighted by molar-refractivity contribution is -0.123. The molecule has 0 atom stereocenters. The van der Waals surface area contributed by atoms with Crippen molar-refractivity contribution in [1.82, 2.24) is 4.90 Å². The van der Waals surface area contributed by atoms with Gasteiger partial charge in [-0.3, -0.25) is 14.5 Å². The number of imide groups is 1. The first-order valence-corrected chi connectivity index (χ1v) is 14.5. The number of rotatable bonds is 10. The number of fused-ring (bicyclic) bond motifs is 1. The van der Waals surface area contributed by atoms with E-state index in [4.69, 9.17) is 25.8 Å². The molecule has 41 heavy (non-hydrogen) atoms. The fourth-order valence-corrected chi connectivity index (χ4v) is 5.74. The summed E-state index contributed by atoms with van der Waals surface area (Å²) in [7, 11) is 0. The number of ether oxygens (including phenoxy) is 3. The van der Waals surface area contributed by atoms with Gasteiger partial charge in [0.2, 0.25) is 0 Å². The van der Waals surface area contributed by atoms with Crippen molar-refractivity contribution in [1.29, 1.82) is 0 Å². The number of benzene rings is 4. The predicted molar refractivity (Wildman–Crippen MR) is 165 cm³/mol. The number of thioether (sulfide) groups is 1. The van der Waals surface area contributed by atoms with Crippen LogP contribution in [0.2, 0.25) is 5.02 Å². The van der Waals surface area contributed by atoms with Gasteiger partial charge in [-0.1, -0.05) is 66.2 Å². The summed E-state index contributed by atoms with van der Waals surface area (Å²) in [4.78, 5) is 27.3. The predicted octanol–water partition coefficient (Wildman–Crippen LogP) is 8.20. The molecule has 0 radical (unpaired) electrons. The molecule has 4 aromatic carbocycles. The van der Waals surface area contributed by atoms with Crippen LogP contribution in [-0.2, 0) is 11.4 Å². The second-order valence-electron chi connectivity index (χ2n) is 9.64. The van der Waals surface area contributed by atoms with Crippen molar-refractivity contribution in [2.45, 2.75) is 27.4 Å². The summed E-state index contributed by atoms with van der Waals surface area (Å²) in [5.41, 5.74) is 3.74. The average molecular weight is 588 g/mol. The van der Waals surface area contributed by atoms with Crippen molar-refractivity contribution < 1.29 is 23.8 Å². The minimum absolute atomic E-state index is 0.154. The van der Waals surface area contributed by atoms with E-state index in [1.807, 2.05) is 63.2 Å². The highest BCUT2D eigenvalue weighted by Crippen LogP contribution is 2.40. The zero-order valence-corrected chi connectivity index (χ0v) is 24.7. The first kappa shape index (κ1) is 28.6. The minimum atomic E-state index is -0.366. The summed E-state index contributed by atoms with van der Waals surface area (Å²) < 4.78 is 17.9. The summed E-state index contributed by atoms with van der Waals surface area (Å²) in [5.74, 6) is 1.27. The quantitative estimate of drug-likeness (QED) is 0.174. The van der Waals surface area contributed by atoms with Gasteiger partial charge >= 0.3 is 0 Å². The molecule has 1 fully saturated rings. The van der Waals surface area contributed by atoms with Crippen LogP contribution >= 0.6 is 23.4 Å². The second kappa shape index (κ2) is 12.7. The van der Waals surface area contributed by atoms with Gasteiger partial charge in [0.05, 0.1) is 23.1 Å². The van der Waals surface area contributed by atoms with Gasteiger partial charge in [0, 0.05) is 0 Å². The van der Waals surface area contributed by atoms with E-state index in [9.17, 15) is 9.59 Å². The highest BCUT2D eigenvalue weighted by molar-refractivity contribution is 8.18. The number of carbonyl (C=O) groups is 2. The van der Waals surface area contributed by atoms with E-state index in [-0.39, 0.29) is 24.3 Å². The van der Waals surface area contributed by atoms with E-state index < -0.39 is 0 Å². The summed E-state index contributed by atoms with van der Waals surface area (Å²) in [6.45, 7) is 6.89. The lowest BCUT2D eigenvalue weighted by Gasteiger charge is -2.16. The van der Waals surface area contributed by atoms with E-state index in [2.05, 4.69) is 18.2 Å². The van der Waals surface area contributed by atoms with Gasteiger partial charge in [0.15, 0.2) is 11.5 Å². The van der Waals surface area contributed by atoms with Crippen LogP contribution in [0.25, 0.3) is 16.8 Å². The summed E-state index contributed by atoms with van der Waals surface area (Å²) in [6, 6.07) is 23.6. The Kier molecular flexibility index (Phi) is 8.86. The molecule has 0 aromatic heterocycles. The van der Waals surface area contributed by atoms with Crippen molar-refractivity contribution in [2.24, 2.45) is 0 Å². The molecule has 1 heterocycles. The number of halogens is 1. The molecule has 1 aliphatic heterocycles. The first-order chi connectivity index (χ1) is 19.8. The Morgan fingerprint density at radius 3 is 2.54 bits per heavy atom. The topological polar surface area (TPSA) is 65.1 Å². The maximum Gasteiger partial charge on any atom is 0.293 e. The lowest BCUT2D eigenvalue weighted by Crippen LogP contribution is -2.32. The lowest BCUT2D eigenvalue weighted by atomic mass is 10.1. The SMILES string of the molecule is CCOc1cc(/C=C2\SC(=O)N(CCOc3cc(C)ccc3C)C2=O)cc(Cl)c1OCc1cccc2ccccc12. The summed E-state index contributed by atoms with van der Waals surface area (Å²) >= 11 is 7.56. The van der Waals surface area contributed by atoms with Crippen LogP contribution in [0.5, 0.6) is 17.2 Å². The van der Waals surface area contributed by atoms with Gasteiger partial charge in [-0.25, -0.2) is 0 Å². The average Bonchev–Trinajstić information content (AvgIpc) is 3.22. The normalized spacial score (nSPS) is 14.2. The third kappa shape index (κ3) is 6.53. The molecular weight excluding hydrogens is 558 g/mol. The fourth-order valence-electron chi connectivity index (χ4n) is 4.60. The molecule has 210 valence electrons. The van der Waals surface area contributed by atoms with E-state index in [1.54, 1.807) is 18.2 Å². The molecular formula is C33H30ClNO5S. The molecule has 0 unspecified atom stereocenters. The molecule has 4 aromatic rings. The largest absolute Gasteiger partial charge is 0.491 e. The Hall–Kier alpha value is -3.94. The smallest absolute Gasteiger partial charge is 0.293 e. The van der Waals surface area contributed by atoms with Crippen LogP contribution in [0, 0.1) is 13.8 Å². The molecule has 0 N–H and O–H groups in total. The van der Waals surface area contributed by atoms with Crippen molar-refractivity contribution in [3.8, 4) is 17.2 Å². The number of hydrogen-bond donors (Lipinski definition) is 0. The Morgan fingerprint density at radius 1 is 0.902 bits per heavy atom. The Labute approximate surface area is 248 Å². The summed E-state index contributed by atoms with van der Waals surface area (Å²) in [5, 5.41) is 2.25. The number of carbonyl (C=O) groups excluding carboxylic acids is 2. The number of amides is 2. The van der Waals surface area contributed by atoms with Crippen LogP contribution < -0.4 is 14.2 Å². The molecule has 0 aliphatic carbocycles. The van der Waals surface area contributed by atoms with E-state index >= 15 is 0 Å². The number of aryl methyl sites for hydroxylation is 2. The Balaban J connectivity index is 1.30. The van der Waals surface area contributed by atoms with E-state index in [1.165, 1.54) is 4.90 Å². The zero-order valence-electron chi connectivity index (χ0n) is 23.1. The second-order valence-corrected chi connectivity index (χ2v) is 11.0. The fraction of sp³-hybridized carbons (Fsp3) is 0.212. The van der Waals surface area contributed by atoms with E-state index in [0.29, 0.717) is 40.2 Å². The number of nitrogens with zero attached hydrogens (tertiary/aromatic N) is 1. The van der Waals surface area contributed by atoms with Crippen LogP contribution in [0.1, 0.15) is 29.2 Å². The van der Waals surface area contributed by atoms with Gasteiger partial charge in [-0.05, 0) is 89.8 Å². The molecule has 0 saturated carbocycles. The van der Waals surface area contributed by atoms with Crippen molar-refractivity contribution >= 4 is 51.4 Å². The van der Waals surface area contributed by atoms with Gasteiger partial charge in [-0.2, -0.15) is 0 Å². The highest BCUT2D eigenvalue weighted by atomic mass is 35.5. The molecule has 1 saturated heterocycles. The monoisotopic (exact) mass is 587 g/mol. The van der Waals surface area contributed by atoms with Crippen molar-refractivity contribution in [3.05, 3.63) is 105 Å². The summed E-state index contributed by atoms with van der Waals surface area (Å²) in [6.07, 6.45) is 1.65. The van der Waals surface area contributed by atoms with Crippen LogP contribution in [0.4, 0.5) is 4.79 Å². The van der Waals surface area contributed by atoms with Gasteiger partial charge in [-0.15, -0.1) is 0 Å². The van der Waals surface area contributed by atoms with Gasteiger partial charge in [0.1, 0.15) is 19.0 Å². The third-order valence-electron chi connectivity index (χ3n) is 6.67. The first-order valence-electron chi connectivity index (χ1n) is 13.3. The standard InChI is InChI=1S/C33H30ClNO5S/c1-4-38-29-18-23(17-27(34)31(29)40-20-25-10-7-9-24-8-5-6-11-26(24)25)19-30-32(36)35(33(37)41-30)14-15-39-28-16-21(2)12-13-22(28)3/h5-13,16-19H,4,14-15,20H2,1-3H3/b30-19-. The molecule has 2 amide bonds. The van der Waals surface area contributed by atoms with Gasteiger partial charge < -0.3 is 14.2 Å². The highest BCUT2D eigenvalue weighted by Gasteiger charge is 2.35. The maximum absolute atomic E-state index is 13.1. The Bertz CT molecular complexity index is 1650. The third-order valence-corrected chi connectivity index (χ3v) is 7.86. The Morgan fingerprint density at radius 2 is 1.71 bits per heavy atom. The van der Waals surface area contributed by atoms with Crippen LogP contribution in [0.15, 0.2) is 77.7 Å². The number of hydrogen-bond acceptors (Lipinski definition) is 6. The van der Waals surface area contributed by atoms with Crippen molar-refractivity contribution in [3.63, 3.8) is 0 Å².